The summed E-state index contributed by atoms with van der Waals surface area (Å²) >= 11 is 5.51. The minimum Gasteiger partial charge on any atom is -0.478 e. The van der Waals surface area contributed by atoms with Gasteiger partial charge in [-0.3, -0.25) is 0 Å². The molecule has 1 aromatic rings. The molecular formula is C10H15ClN2O2. The Labute approximate surface area is 94.1 Å². The predicted octanol–water partition coefficient (Wildman–Crippen LogP) is 2.68. The van der Waals surface area contributed by atoms with Gasteiger partial charge < -0.3 is 10.8 Å². The maximum atomic E-state index is 10.3. The molecule has 0 spiro atoms. The molecular weight excluding hydrogens is 216 g/mol. The second-order valence-corrected chi connectivity index (χ2v) is 4.04. The normalized spacial score (nSPS) is 9.40. The van der Waals surface area contributed by atoms with Gasteiger partial charge >= 0.3 is 5.97 Å². The highest BCUT2D eigenvalue weighted by Crippen LogP contribution is 2.16. The van der Waals surface area contributed by atoms with E-state index in [4.69, 9.17) is 22.4 Å². The van der Waals surface area contributed by atoms with Crippen molar-refractivity contribution < 1.29 is 9.90 Å². The maximum absolute atomic E-state index is 10.3. The summed E-state index contributed by atoms with van der Waals surface area (Å²) in [6.45, 7) is 6.50. The van der Waals surface area contributed by atoms with Crippen LogP contribution in [0.1, 0.15) is 31.1 Å². The highest BCUT2D eigenvalue weighted by molar-refractivity contribution is 6.33. The molecule has 1 heterocycles. The molecule has 0 fully saturated rings. The Hall–Kier alpha value is -1.29. The van der Waals surface area contributed by atoms with Crippen LogP contribution in [0.5, 0.6) is 0 Å². The molecule has 0 aromatic carbocycles. The number of nitrogen functional groups attached to an aromatic ring is 1. The molecule has 0 saturated carbocycles. The fourth-order valence-electron chi connectivity index (χ4n) is 0.565. The van der Waals surface area contributed by atoms with Gasteiger partial charge in [0.1, 0.15) is 5.82 Å². The van der Waals surface area contributed by atoms with Crippen molar-refractivity contribution in [1.82, 2.24) is 4.98 Å². The van der Waals surface area contributed by atoms with Gasteiger partial charge in [-0.15, -0.1) is 0 Å². The van der Waals surface area contributed by atoms with Crippen LogP contribution < -0.4 is 5.73 Å². The van der Waals surface area contributed by atoms with Gasteiger partial charge in [0, 0.05) is 6.20 Å². The zero-order valence-electron chi connectivity index (χ0n) is 8.99. The predicted molar refractivity (Wildman–Crippen MR) is 61.1 cm³/mol. The number of carboxylic acids is 1. The summed E-state index contributed by atoms with van der Waals surface area (Å²) in [5, 5.41) is 8.62. The smallest absolute Gasteiger partial charge is 0.337 e. The molecule has 1 aromatic heterocycles. The van der Waals surface area contributed by atoms with Gasteiger partial charge in [0.05, 0.1) is 10.6 Å². The first-order chi connectivity index (χ1) is 6.84. The van der Waals surface area contributed by atoms with Gasteiger partial charge in [0.2, 0.25) is 0 Å². The van der Waals surface area contributed by atoms with E-state index in [1.165, 1.54) is 6.07 Å². The Balaban J connectivity index is 0.000000423. The van der Waals surface area contributed by atoms with Crippen molar-refractivity contribution in [1.29, 1.82) is 0 Å². The monoisotopic (exact) mass is 230 g/mol. The van der Waals surface area contributed by atoms with Crippen molar-refractivity contribution in [3.63, 3.8) is 0 Å². The van der Waals surface area contributed by atoms with Crippen molar-refractivity contribution in [2.45, 2.75) is 20.8 Å². The summed E-state index contributed by atoms with van der Waals surface area (Å²) < 4.78 is 0. The lowest BCUT2D eigenvalue weighted by molar-refractivity contribution is 0.0696. The van der Waals surface area contributed by atoms with Gasteiger partial charge in [-0.1, -0.05) is 32.4 Å². The van der Waals surface area contributed by atoms with Crippen LogP contribution in [0.25, 0.3) is 0 Å². The number of hydrogen-bond acceptors (Lipinski definition) is 3. The number of carboxylic acid groups (broad SMARTS) is 1. The topological polar surface area (TPSA) is 76.2 Å². The number of carbonyl (C=O) groups is 1. The molecule has 5 heteroatoms. The van der Waals surface area contributed by atoms with Crippen LogP contribution in [0, 0.1) is 5.92 Å². The van der Waals surface area contributed by atoms with Crippen LogP contribution >= 0.6 is 11.6 Å². The third-order valence-corrected chi connectivity index (χ3v) is 1.42. The molecule has 3 N–H and O–H groups in total. The van der Waals surface area contributed by atoms with E-state index in [9.17, 15) is 4.79 Å². The summed E-state index contributed by atoms with van der Waals surface area (Å²) in [5.41, 5.74) is 5.28. The number of aromatic nitrogens is 1. The van der Waals surface area contributed by atoms with E-state index in [-0.39, 0.29) is 16.4 Å². The molecule has 0 aliphatic rings. The zero-order valence-corrected chi connectivity index (χ0v) is 9.75. The summed E-state index contributed by atoms with van der Waals surface area (Å²) in [7, 11) is 0. The van der Waals surface area contributed by atoms with Crippen LogP contribution in [-0.4, -0.2) is 16.1 Å². The third kappa shape index (κ3) is 5.91. The third-order valence-electron chi connectivity index (χ3n) is 1.12. The first-order valence-electron chi connectivity index (χ1n) is 4.49. The molecule has 0 amide bonds. The van der Waals surface area contributed by atoms with Crippen molar-refractivity contribution in [2.75, 3.05) is 5.73 Å². The van der Waals surface area contributed by atoms with E-state index in [0.29, 0.717) is 0 Å². The zero-order chi connectivity index (χ0) is 12.0. The van der Waals surface area contributed by atoms with Crippen LogP contribution in [-0.2, 0) is 0 Å². The Morgan fingerprint density at radius 2 is 2.00 bits per heavy atom. The van der Waals surface area contributed by atoms with Gasteiger partial charge in [-0.2, -0.15) is 0 Å². The minimum atomic E-state index is -1.07. The van der Waals surface area contributed by atoms with E-state index >= 15 is 0 Å². The average molecular weight is 231 g/mol. The van der Waals surface area contributed by atoms with Crippen molar-refractivity contribution in [3.8, 4) is 0 Å². The number of nitrogens with zero attached hydrogens (tertiary/aromatic N) is 1. The van der Waals surface area contributed by atoms with Crippen molar-refractivity contribution >= 4 is 23.4 Å². The minimum absolute atomic E-state index is 0.0317. The van der Waals surface area contributed by atoms with Crippen molar-refractivity contribution in [2.24, 2.45) is 5.92 Å². The van der Waals surface area contributed by atoms with Gasteiger partial charge in [-0.05, 0) is 12.0 Å². The van der Waals surface area contributed by atoms with E-state index in [1.54, 1.807) is 0 Å². The highest BCUT2D eigenvalue weighted by atomic mass is 35.5. The molecule has 1 rings (SSSR count). The molecule has 0 aliphatic heterocycles. The summed E-state index contributed by atoms with van der Waals surface area (Å²) in [4.78, 5) is 13.9. The summed E-state index contributed by atoms with van der Waals surface area (Å²) in [5.74, 6) is -0.101. The Morgan fingerprint density at radius 3 is 2.33 bits per heavy atom. The first-order valence-corrected chi connectivity index (χ1v) is 4.86. The van der Waals surface area contributed by atoms with Crippen LogP contribution in [0.15, 0.2) is 12.3 Å². The molecule has 0 aliphatic carbocycles. The number of rotatable bonds is 1. The lowest BCUT2D eigenvalue weighted by atomic mass is 10.3. The standard InChI is InChI=1S/C6H5ClN2O2.C4H10/c7-4-1-3(6(10)11)2-9-5(4)8;1-4(2)3/h1-2H,(H2,8,9)(H,10,11);4H,1-3H3. The molecule has 4 nitrogen and oxygen atoms in total. The fourth-order valence-corrected chi connectivity index (χ4v) is 0.732. The van der Waals surface area contributed by atoms with Gasteiger partial charge in [-0.25, -0.2) is 9.78 Å². The Morgan fingerprint density at radius 1 is 1.53 bits per heavy atom. The second-order valence-electron chi connectivity index (χ2n) is 3.63. The van der Waals surface area contributed by atoms with E-state index in [1.807, 2.05) is 0 Å². The van der Waals surface area contributed by atoms with E-state index in [0.717, 1.165) is 12.1 Å². The Kier molecular flexibility index (Phi) is 5.70. The molecule has 15 heavy (non-hydrogen) atoms. The molecule has 0 saturated heterocycles. The van der Waals surface area contributed by atoms with Gasteiger partial charge in [0.25, 0.3) is 0 Å². The highest BCUT2D eigenvalue weighted by Gasteiger charge is 2.05. The number of nitrogens with two attached hydrogens (primary N) is 1. The quantitative estimate of drug-likeness (QED) is 0.778. The molecule has 84 valence electrons. The first kappa shape index (κ1) is 13.7. The number of halogens is 1. The largest absolute Gasteiger partial charge is 0.478 e. The lowest BCUT2D eigenvalue weighted by Crippen LogP contribution is -1.99. The molecule has 0 atom stereocenters. The fraction of sp³-hybridized carbons (Fsp3) is 0.400. The van der Waals surface area contributed by atoms with E-state index in [2.05, 4.69) is 25.8 Å². The van der Waals surface area contributed by atoms with Crippen molar-refractivity contribution in [3.05, 3.63) is 22.8 Å². The number of aromatic carboxylic acids is 1. The van der Waals surface area contributed by atoms with Crippen LogP contribution in [0.3, 0.4) is 0 Å². The SMILES string of the molecule is CC(C)C.Nc1ncc(C(=O)O)cc1Cl. The number of anilines is 1. The number of hydrogen-bond donors (Lipinski definition) is 2. The second kappa shape index (κ2) is 6.24. The average Bonchev–Trinajstić information content (AvgIpc) is 2.08. The maximum Gasteiger partial charge on any atom is 0.337 e. The molecule has 0 radical (unpaired) electrons. The molecule has 0 unspecified atom stereocenters. The molecule has 0 bridgehead atoms. The van der Waals surface area contributed by atoms with Crippen LogP contribution in [0.4, 0.5) is 5.82 Å². The van der Waals surface area contributed by atoms with E-state index < -0.39 is 5.97 Å². The van der Waals surface area contributed by atoms with Crippen LogP contribution in [0.2, 0.25) is 5.02 Å². The lowest BCUT2D eigenvalue weighted by Gasteiger charge is -1.96. The summed E-state index contributed by atoms with van der Waals surface area (Å²) in [6.07, 6.45) is 1.16. The Bertz CT molecular complexity index is 337. The number of pyridine rings is 1. The summed E-state index contributed by atoms with van der Waals surface area (Å²) in [6, 6.07) is 1.26. The van der Waals surface area contributed by atoms with Gasteiger partial charge in [0.15, 0.2) is 0 Å².